The first kappa shape index (κ1) is 14.8. The fourth-order valence-electron chi connectivity index (χ4n) is 4.07. The van der Waals surface area contributed by atoms with Crippen molar-refractivity contribution in [3.63, 3.8) is 0 Å². The zero-order valence-electron chi connectivity index (χ0n) is 12.8. The molecule has 19 heavy (non-hydrogen) atoms. The molecule has 3 N–H and O–H groups in total. The minimum absolute atomic E-state index is 0.180. The average molecular weight is 267 g/mol. The lowest BCUT2D eigenvalue weighted by molar-refractivity contribution is -0.124. The number of carbonyl (C=O) groups is 1. The summed E-state index contributed by atoms with van der Waals surface area (Å²) in [4.78, 5) is 14.5. The molecule has 0 aromatic rings. The van der Waals surface area contributed by atoms with Gasteiger partial charge in [-0.2, -0.15) is 0 Å². The van der Waals surface area contributed by atoms with E-state index >= 15 is 0 Å². The largest absolute Gasteiger partial charge is 0.368 e. The zero-order valence-corrected chi connectivity index (χ0v) is 12.8. The zero-order chi connectivity index (χ0) is 14.3. The quantitative estimate of drug-likeness (QED) is 0.814. The smallest absolute Gasteiger partial charge is 0.237 e. The molecule has 0 spiro atoms. The molecule has 2 unspecified atom stereocenters. The molecule has 1 saturated carbocycles. The molecule has 2 rings (SSSR count). The third-order valence-electron chi connectivity index (χ3n) is 4.93. The highest BCUT2D eigenvalue weighted by Gasteiger charge is 2.48. The summed E-state index contributed by atoms with van der Waals surface area (Å²) < 4.78 is 0. The molecule has 1 amide bonds. The molecular formula is C15H29N3O. The maximum atomic E-state index is 11.9. The van der Waals surface area contributed by atoms with Gasteiger partial charge < -0.3 is 11.1 Å². The van der Waals surface area contributed by atoms with Crippen LogP contribution in [0, 0.1) is 0 Å². The highest BCUT2D eigenvalue weighted by molar-refractivity contribution is 5.85. The summed E-state index contributed by atoms with van der Waals surface area (Å²) in [5.74, 6) is -0.180. The SMILES string of the molecule is CC(C)NC1(C(N)=O)CCC(N2CCCC2(C)C)C1. The van der Waals surface area contributed by atoms with Crippen molar-refractivity contribution in [3.8, 4) is 0 Å². The van der Waals surface area contributed by atoms with Crippen molar-refractivity contribution in [1.29, 1.82) is 0 Å². The predicted octanol–water partition coefficient (Wildman–Crippen LogP) is 1.64. The number of nitrogens with two attached hydrogens (primary N) is 1. The molecule has 1 aliphatic heterocycles. The third kappa shape index (κ3) is 2.79. The Bertz CT molecular complexity index is 353. The highest BCUT2D eigenvalue weighted by Crippen LogP contribution is 2.40. The summed E-state index contributed by atoms with van der Waals surface area (Å²) in [5, 5.41) is 3.43. The number of amides is 1. The Kier molecular flexibility index (Phi) is 3.94. The minimum atomic E-state index is -0.489. The van der Waals surface area contributed by atoms with Gasteiger partial charge in [0.1, 0.15) is 0 Å². The van der Waals surface area contributed by atoms with Crippen LogP contribution in [0.15, 0.2) is 0 Å². The molecule has 0 aromatic heterocycles. The van der Waals surface area contributed by atoms with Gasteiger partial charge in [-0.15, -0.1) is 0 Å². The second-order valence-electron chi connectivity index (χ2n) is 7.25. The summed E-state index contributed by atoms with van der Waals surface area (Å²) in [6, 6.07) is 0.786. The van der Waals surface area contributed by atoms with E-state index in [2.05, 4.69) is 37.9 Å². The van der Waals surface area contributed by atoms with E-state index in [0.29, 0.717) is 6.04 Å². The number of likely N-dealkylation sites (tertiary alicyclic amines) is 1. The van der Waals surface area contributed by atoms with Crippen LogP contribution in [0.5, 0.6) is 0 Å². The standard InChI is InChI=1S/C15H29N3O/c1-11(2)17-15(13(16)19)8-6-12(10-15)18-9-5-7-14(18,3)4/h11-12,17H,5-10H2,1-4H3,(H2,16,19). The van der Waals surface area contributed by atoms with Gasteiger partial charge >= 0.3 is 0 Å². The number of hydrogen-bond acceptors (Lipinski definition) is 3. The lowest BCUT2D eigenvalue weighted by atomic mass is 9.94. The normalized spacial score (nSPS) is 35.1. The van der Waals surface area contributed by atoms with Crippen LogP contribution < -0.4 is 11.1 Å². The number of rotatable bonds is 4. The van der Waals surface area contributed by atoms with Gasteiger partial charge in [-0.25, -0.2) is 0 Å². The topological polar surface area (TPSA) is 58.4 Å². The van der Waals surface area contributed by atoms with E-state index in [1.807, 2.05) is 0 Å². The fraction of sp³-hybridized carbons (Fsp3) is 0.933. The first-order valence-corrected chi connectivity index (χ1v) is 7.61. The van der Waals surface area contributed by atoms with Crippen LogP contribution in [-0.4, -0.2) is 40.5 Å². The Morgan fingerprint density at radius 1 is 1.37 bits per heavy atom. The summed E-state index contributed by atoms with van der Waals surface area (Å²) in [7, 11) is 0. The van der Waals surface area contributed by atoms with Crippen molar-refractivity contribution in [3.05, 3.63) is 0 Å². The first-order valence-electron chi connectivity index (χ1n) is 7.61. The van der Waals surface area contributed by atoms with Crippen LogP contribution in [0.3, 0.4) is 0 Å². The molecule has 1 aliphatic carbocycles. The van der Waals surface area contributed by atoms with Crippen molar-refractivity contribution in [1.82, 2.24) is 10.2 Å². The van der Waals surface area contributed by atoms with Gasteiger partial charge in [-0.05, 0) is 66.3 Å². The van der Waals surface area contributed by atoms with Crippen molar-refractivity contribution in [2.45, 2.75) is 83.0 Å². The molecule has 0 radical (unpaired) electrons. The van der Waals surface area contributed by atoms with Crippen LogP contribution in [0.25, 0.3) is 0 Å². The average Bonchev–Trinajstić information content (AvgIpc) is 2.81. The molecular weight excluding hydrogens is 238 g/mol. The van der Waals surface area contributed by atoms with E-state index in [1.54, 1.807) is 0 Å². The van der Waals surface area contributed by atoms with Crippen molar-refractivity contribution < 1.29 is 4.79 Å². The summed E-state index contributed by atoms with van der Waals surface area (Å²) in [5.41, 5.74) is 5.48. The molecule has 2 aliphatic rings. The molecule has 110 valence electrons. The van der Waals surface area contributed by atoms with Gasteiger partial charge in [0.25, 0.3) is 0 Å². The third-order valence-corrected chi connectivity index (χ3v) is 4.93. The highest BCUT2D eigenvalue weighted by atomic mass is 16.1. The van der Waals surface area contributed by atoms with Crippen molar-refractivity contribution in [2.24, 2.45) is 5.73 Å². The Morgan fingerprint density at radius 3 is 2.53 bits per heavy atom. The number of primary amides is 1. The van der Waals surface area contributed by atoms with Gasteiger partial charge in [0.15, 0.2) is 0 Å². The second-order valence-corrected chi connectivity index (χ2v) is 7.25. The minimum Gasteiger partial charge on any atom is -0.368 e. The Morgan fingerprint density at radius 2 is 2.05 bits per heavy atom. The lowest BCUT2D eigenvalue weighted by Crippen LogP contribution is -2.57. The molecule has 2 atom stereocenters. The van der Waals surface area contributed by atoms with Crippen LogP contribution >= 0.6 is 0 Å². The van der Waals surface area contributed by atoms with Crippen LogP contribution in [0.2, 0.25) is 0 Å². The van der Waals surface area contributed by atoms with E-state index in [1.165, 1.54) is 12.8 Å². The Labute approximate surface area is 117 Å². The first-order chi connectivity index (χ1) is 8.77. The Hall–Kier alpha value is -0.610. The van der Waals surface area contributed by atoms with Gasteiger partial charge in [0, 0.05) is 17.6 Å². The number of nitrogens with one attached hydrogen (secondary N) is 1. The van der Waals surface area contributed by atoms with E-state index in [9.17, 15) is 4.79 Å². The lowest BCUT2D eigenvalue weighted by Gasteiger charge is -2.38. The molecule has 4 heteroatoms. The molecule has 2 fully saturated rings. The molecule has 1 heterocycles. The van der Waals surface area contributed by atoms with Crippen LogP contribution in [0.4, 0.5) is 0 Å². The fourth-order valence-corrected chi connectivity index (χ4v) is 4.07. The van der Waals surface area contributed by atoms with Crippen molar-refractivity contribution >= 4 is 5.91 Å². The predicted molar refractivity (Wildman–Crippen MR) is 77.9 cm³/mol. The van der Waals surface area contributed by atoms with Gasteiger partial charge in [-0.1, -0.05) is 0 Å². The van der Waals surface area contributed by atoms with Gasteiger partial charge in [0.2, 0.25) is 5.91 Å². The second kappa shape index (κ2) is 5.06. The number of hydrogen-bond donors (Lipinski definition) is 2. The molecule has 1 saturated heterocycles. The summed E-state index contributed by atoms with van der Waals surface area (Å²) in [6.45, 7) is 9.96. The van der Waals surface area contributed by atoms with E-state index in [0.717, 1.165) is 25.8 Å². The number of nitrogens with zero attached hydrogens (tertiary/aromatic N) is 1. The maximum Gasteiger partial charge on any atom is 0.237 e. The van der Waals surface area contributed by atoms with Gasteiger partial charge in [0.05, 0.1) is 5.54 Å². The maximum absolute atomic E-state index is 11.9. The van der Waals surface area contributed by atoms with E-state index < -0.39 is 5.54 Å². The van der Waals surface area contributed by atoms with E-state index in [4.69, 9.17) is 5.73 Å². The van der Waals surface area contributed by atoms with Crippen LogP contribution in [0.1, 0.15) is 59.8 Å². The van der Waals surface area contributed by atoms with E-state index in [-0.39, 0.29) is 17.5 Å². The summed E-state index contributed by atoms with van der Waals surface area (Å²) >= 11 is 0. The Balaban J connectivity index is 2.11. The molecule has 0 bridgehead atoms. The monoisotopic (exact) mass is 267 g/mol. The molecule has 0 aromatic carbocycles. The summed E-state index contributed by atoms with van der Waals surface area (Å²) in [6.07, 6.45) is 5.34. The van der Waals surface area contributed by atoms with Gasteiger partial charge in [-0.3, -0.25) is 9.69 Å². The van der Waals surface area contributed by atoms with Crippen LogP contribution in [-0.2, 0) is 4.79 Å². The number of carbonyl (C=O) groups excluding carboxylic acids is 1. The van der Waals surface area contributed by atoms with Crippen molar-refractivity contribution in [2.75, 3.05) is 6.54 Å². The molecule has 4 nitrogen and oxygen atoms in total.